The number of carbonyl (C=O) groups is 1. The van der Waals surface area contributed by atoms with E-state index in [-0.39, 0.29) is 18.3 Å². The highest BCUT2D eigenvalue weighted by molar-refractivity contribution is 8.00. The Bertz CT molecular complexity index is 931. The zero-order valence-corrected chi connectivity index (χ0v) is 20.0. The number of fused-ring (bicyclic) bond motifs is 1. The van der Waals surface area contributed by atoms with E-state index in [1.165, 1.54) is 16.7 Å². The molecule has 0 aliphatic carbocycles. The van der Waals surface area contributed by atoms with Gasteiger partial charge in [-0.2, -0.15) is 0 Å². The summed E-state index contributed by atoms with van der Waals surface area (Å²) in [7, 11) is 4.05. The lowest BCUT2D eigenvalue weighted by atomic mass is 10.1. The van der Waals surface area contributed by atoms with Crippen LogP contribution in [0.5, 0.6) is 0 Å². The third kappa shape index (κ3) is 6.19. The summed E-state index contributed by atoms with van der Waals surface area (Å²) in [5, 5.41) is 0.788. The van der Waals surface area contributed by atoms with Crippen molar-refractivity contribution in [1.82, 2.24) is 9.88 Å². The van der Waals surface area contributed by atoms with E-state index in [9.17, 15) is 4.79 Å². The first-order chi connectivity index (χ1) is 13.3. The highest BCUT2D eigenvalue weighted by Gasteiger charge is 2.20. The molecule has 0 spiro atoms. The van der Waals surface area contributed by atoms with E-state index < -0.39 is 0 Å². The third-order valence-electron chi connectivity index (χ3n) is 4.68. The lowest BCUT2D eigenvalue weighted by Crippen LogP contribution is -2.37. The molecule has 1 heterocycles. The summed E-state index contributed by atoms with van der Waals surface area (Å²) in [6, 6.07) is 12.6. The van der Waals surface area contributed by atoms with Crippen LogP contribution in [-0.2, 0) is 4.79 Å². The van der Waals surface area contributed by atoms with Crippen molar-refractivity contribution in [1.29, 1.82) is 0 Å². The maximum atomic E-state index is 13.1. The average Bonchev–Trinajstić information content (AvgIpc) is 3.03. The van der Waals surface area contributed by atoms with Gasteiger partial charge in [0.15, 0.2) is 5.13 Å². The molecule has 7 heteroatoms. The van der Waals surface area contributed by atoms with E-state index in [1.54, 1.807) is 23.1 Å². The summed E-state index contributed by atoms with van der Waals surface area (Å²) in [6.07, 6.45) is 0. The van der Waals surface area contributed by atoms with Gasteiger partial charge in [-0.1, -0.05) is 29.0 Å². The fourth-order valence-corrected chi connectivity index (χ4v) is 4.63. The van der Waals surface area contributed by atoms with Gasteiger partial charge in [-0.15, -0.1) is 24.2 Å². The first-order valence-electron chi connectivity index (χ1n) is 9.36. The molecule has 0 bridgehead atoms. The highest BCUT2D eigenvalue weighted by Crippen LogP contribution is 2.31. The van der Waals surface area contributed by atoms with Gasteiger partial charge in [-0.25, -0.2) is 4.98 Å². The number of thiazole rings is 1. The maximum Gasteiger partial charge on any atom is 0.239 e. The van der Waals surface area contributed by atoms with Crippen molar-refractivity contribution in [2.24, 2.45) is 0 Å². The van der Waals surface area contributed by atoms with Gasteiger partial charge < -0.3 is 4.90 Å². The van der Waals surface area contributed by atoms with Gasteiger partial charge in [0.25, 0.3) is 0 Å². The fraction of sp³-hybridized carbons (Fsp3) is 0.364. The van der Waals surface area contributed by atoms with Crippen LogP contribution in [0.25, 0.3) is 10.2 Å². The van der Waals surface area contributed by atoms with Gasteiger partial charge in [0.1, 0.15) is 0 Å². The van der Waals surface area contributed by atoms with E-state index >= 15 is 0 Å². The van der Waals surface area contributed by atoms with Crippen LogP contribution in [0.1, 0.15) is 16.7 Å². The normalized spacial score (nSPS) is 11.0. The topological polar surface area (TPSA) is 36.4 Å². The minimum atomic E-state index is 0. The molecule has 0 unspecified atom stereocenters. The maximum absolute atomic E-state index is 13.1. The lowest BCUT2D eigenvalue weighted by Gasteiger charge is -2.21. The van der Waals surface area contributed by atoms with Gasteiger partial charge in [-0.05, 0) is 70.3 Å². The van der Waals surface area contributed by atoms with Gasteiger partial charge in [0.2, 0.25) is 5.91 Å². The summed E-state index contributed by atoms with van der Waals surface area (Å²) in [4.78, 5) is 22.9. The van der Waals surface area contributed by atoms with E-state index in [0.717, 1.165) is 26.8 Å². The number of amides is 1. The zero-order chi connectivity index (χ0) is 20.3. The van der Waals surface area contributed by atoms with Gasteiger partial charge >= 0.3 is 0 Å². The number of halogens is 1. The van der Waals surface area contributed by atoms with E-state index in [1.807, 2.05) is 19.0 Å². The van der Waals surface area contributed by atoms with Gasteiger partial charge in [0, 0.05) is 18.0 Å². The lowest BCUT2D eigenvalue weighted by molar-refractivity contribution is -0.116. The Hall–Kier alpha value is -1.60. The highest BCUT2D eigenvalue weighted by atomic mass is 35.5. The van der Waals surface area contributed by atoms with Crippen molar-refractivity contribution < 1.29 is 4.79 Å². The summed E-state index contributed by atoms with van der Waals surface area (Å²) in [5.74, 6) is 0.504. The van der Waals surface area contributed by atoms with Crippen LogP contribution >= 0.6 is 35.5 Å². The summed E-state index contributed by atoms with van der Waals surface area (Å²) < 4.78 is 1.13. The summed E-state index contributed by atoms with van der Waals surface area (Å²) in [6.45, 7) is 7.72. The van der Waals surface area contributed by atoms with Crippen LogP contribution in [0.15, 0.2) is 41.3 Å². The molecule has 4 nitrogen and oxygen atoms in total. The van der Waals surface area contributed by atoms with Crippen molar-refractivity contribution in [3.8, 4) is 0 Å². The molecule has 0 saturated heterocycles. The number of aryl methyl sites for hydroxylation is 3. The number of nitrogens with zero attached hydrogens (tertiary/aromatic N) is 3. The molecule has 0 radical (unpaired) electrons. The standard InChI is InChI=1S/C22H27N3OS2.ClH/c1-15-6-8-18(9-7-15)27-14-21(26)25(11-10-24(4)5)22-23-19-12-16(2)17(3)13-20(19)28-22;/h6-9,12-13H,10-11,14H2,1-5H3;1H. The number of thioether (sulfide) groups is 1. The van der Waals surface area contributed by atoms with E-state index in [0.29, 0.717) is 12.3 Å². The van der Waals surface area contributed by atoms with Crippen molar-refractivity contribution in [3.63, 3.8) is 0 Å². The molecule has 0 aliphatic rings. The quantitative estimate of drug-likeness (QED) is 0.457. The number of rotatable bonds is 7. The molecule has 0 aliphatic heterocycles. The van der Waals surface area contributed by atoms with Crippen LogP contribution in [0, 0.1) is 20.8 Å². The Kier molecular flexibility index (Phi) is 8.52. The fourth-order valence-electron chi connectivity index (χ4n) is 2.77. The number of aromatic nitrogens is 1. The molecule has 0 saturated carbocycles. The van der Waals surface area contributed by atoms with E-state index in [4.69, 9.17) is 4.98 Å². The second kappa shape index (κ2) is 10.4. The minimum absolute atomic E-state index is 0. The van der Waals surface area contributed by atoms with Crippen LogP contribution < -0.4 is 4.90 Å². The predicted octanol–water partition coefficient (Wildman–Crippen LogP) is 5.33. The van der Waals surface area contributed by atoms with Crippen molar-refractivity contribution >= 4 is 56.8 Å². The monoisotopic (exact) mass is 449 g/mol. The number of anilines is 1. The largest absolute Gasteiger partial charge is 0.308 e. The summed E-state index contributed by atoms with van der Waals surface area (Å²) in [5.41, 5.74) is 4.68. The Balaban J connectivity index is 0.00000300. The predicted molar refractivity (Wildman–Crippen MR) is 129 cm³/mol. The van der Waals surface area contributed by atoms with Crippen LogP contribution in [0.4, 0.5) is 5.13 Å². The SMILES string of the molecule is Cc1ccc(SCC(=O)N(CCN(C)C)c2nc3cc(C)c(C)cc3s2)cc1.Cl. The number of likely N-dealkylation sites (N-methyl/N-ethyl adjacent to an activating group) is 1. The molecule has 0 N–H and O–H groups in total. The molecular formula is C22H28ClN3OS2. The molecule has 1 amide bonds. The van der Waals surface area contributed by atoms with Crippen molar-refractivity contribution in [2.75, 3.05) is 37.8 Å². The van der Waals surface area contributed by atoms with E-state index in [2.05, 4.69) is 62.1 Å². The molecule has 1 aromatic heterocycles. The number of carbonyl (C=O) groups excluding carboxylic acids is 1. The molecule has 0 fully saturated rings. The molecule has 3 aromatic rings. The number of hydrogen-bond donors (Lipinski definition) is 0. The zero-order valence-electron chi connectivity index (χ0n) is 17.6. The number of benzene rings is 2. The molecule has 156 valence electrons. The van der Waals surface area contributed by atoms with Crippen LogP contribution in [-0.4, -0.2) is 48.7 Å². The molecule has 0 atom stereocenters. The minimum Gasteiger partial charge on any atom is -0.308 e. The number of hydrogen-bond acceptors (Lipinski definition) is 5. The Morgan fingerprint density at radius 1 is 1.03 bits per heavy atom. The van der Waals surface area contributed by atoms with Crippen molar-refractivity contribution in [3.05, 3.63) is 53.1 Å². The smallest absolute Gasteiger partial charge is 0.239 e. The Morgan fingerprint density at radius 2 is 1.69 bits per heavy atom. The van der Waals surface area contributed by atoms with Crippen LogP contribution in [0.2, 0.25) is 0 Å². The average molecular weight is 450 g/mol. The van der Waals surface area contributed by atoms with Gasteiger partial charge in [0.05, 0.1) is 16.0 Å². The molecule has 3 rings (SSSR count). The first kappa shape index (κ1) is 23.7. The molecular weight excluding hydrogens is 422 g/mol. The second-order valence-corrected chi connectivity index (χ2v) is 9.41. The van der Waals surface area contributed by atoms with Crippen molar-refractivity contribution in [2.45, 2.75) is 25.7 Å². The second-order valence-electron chi connectivity index (χ2n) is 7.35. The third-order valence-corrected chi connectivity index (χ3v) is 6.72. The molecule has 2 aromatic carbocycles. The Labute approximate surface area is 187 Å². The van der Waals surface area contributed by atoms with Crippen LogP contribution in [0.3, 0.4) is 0 Å². The first-order valence-corrected chi connectivity index (χ1v) is 11.2. The Morgan fingerprint density at radius 3 is 2.34 bits per heavy atom. The summed E-state index contributed by atoms with van der Waals surface area (Å²) >= 11 is 3.18. The van der Waals surface area contributed by atoms with Gasteiger partial charge in [-0.3, -0.25) is 9.69 Å². The molecule has 29 heavy (non-hydrogen) atoms.